The lowest BCUT2D eigenvalue weighted by atomic mass is 10.0. The first-order valence-electron chi connectivity index (χ1n) is 4.80. The van der Waals surface area contributed by atoms with E-state index in [1.807, 2.05) is 32.0 Å². The Bertz CT molecular complexity index is 543. The molecule has 0 aliphatic heterocycles. The second-order valence-corrected chi connectivity index (χ2v) is 3.57. The van der Waals surface area contributed by atoms with Gasteiger partial charge in [-0.25, -0.2) is 4.98 Å². The highest BCUT2D eigenvalue weighted by Gasteiger charge is 2.04. The fourth-order valence-electron chi connectivity index (χ4n) is 1.45. The minimum absolute atomic E-state index is 0.152. The van der Waals surface area contributed by atoms with Gasteiger partial charge in [-0.1, -0.05) is 12.1 Å². The van der Waals surface area contributed by atoms with Gasteiger partial charge in [0.15, 0.2) is 0 Å². The molecule has 0 aliphatic rings. The zero-order chi connectivity index (χ0) is 10.8. The summed E-state index contributed by atoms with van der Waals surface area (Å²) in [7, 11) is 0. The van der Waals surface area contributed by atoms with Gasteiger partial charge in [-0.3, -0.25) is 4.79 Å². The third-order valence-corrected chi connectivity index (χ3v) is 2.49. The zero-order valence-electron chi connectivity index (χ0n) is 8.74. The predicted molar refractivity (Wildman–Crippen MR) is 59.8 cm³/mol. The topological polar surface area (TPSA) is 45.8 Å². The van der Waals surface area contributed by atoms with E-state index in [1.54, 1.807) is 6.20 Å². The Hall–Kier alpha value is -1.90. The van der Waals surface area contributed by atoms with Crippen LogP contribution < -0.4 is 5.56 Å². The van der Waals surface area contributed by atoms with Gasteiger partial charge in [0.25, 0.3) is 5.56 Å². The van der Waals surface area contributed by atoms with E-state index in [0.29, 0.717) is 5.69 Å². The van der Waals surface area contributed by atoms with E-state index in [2.05, 4.69) is 9.97 Å². The number of hydrogen-bond acceptors (Lipinski definition) is 2. The minimum atomic E-state index is -0.152. The molecule has 76 valence electrons. The van der Waals surface area contributed by atoms with Gasteiger partial charge in [-0.05, 0) is 31.0 Å². The van der Waals surface area contributed by atoms with E-state index in [0.717, 1.165) is 11.1 Å². The molecule has 0 saturated heterocycles. The zero-order valence-corrected chi connectivity index (χ0v) is 8.74. The second-order valence-electron chi connectivity index (χ2n) is 3.57. The van der Waals surface area contributed by atoms with Crippen LogP contribution in [0.5, 0.6) is 0 Å². The fourth-order valence-corrected chi connectivity index (χ4v) is 1.45. The molecule has 1 heterocycles. The second kappa shape index (κ2) is 3.69. The first-order chi connectivity index (χ1) is 7.18. The fraction of sp³-hybridized carbons (Fsp3) is 0.167. The smallest absolute Gasteiger partial charge is 0.274 e. The average Bonchev–Trinajstić information content (AvgIpc) is 2.23. The Balaban J connectivity index is 2.60. The number of nitrogens with zero attached hydrogens (tertiary/aromatic N) is 1. The maximum atomic E-state index is 11.5. The molecule has 0 unspecified atom stereocenters. The Morgan fingerprint density at radius 2 is 2.00 bits per heavy atom. The Kier molecular flexibility index (Phi) is 2.37. The maximum absolute atomic E-state index is 11.5. The van der Waals surface area contributed by atoms with Crippen molar-refractivity contribution in [3.05, 3.63) is 52.1 Å². The van der Waals surface area contributed by atoms with Crippen LogP contribution in [0.1, 0.15) is 11.1 Å². The van der Waals surface area contributed by atoms with Crippen molar-refractivity contribution in [2.24, 2.45) is 0 Å². The van der Waals surface area contributed by atoms with Crippen LogP contribution in [-0.2, 0) is 0 Å². The van der Waals surface area contributed by atoms with Crippen LogP contribution in [0.4, 0.5) is 0 Å². The quantitative estimate of drug-likeness (QED) is 0.765. The number of nitrogens with one attached hydrogen (secondary N) is 1. The highest BCUT2D eigenvalue weighted by atomic mass is 16.1. The lowest BCUT2D eigenvalue weighted by Crippen LogP contribution is -2.09. The molecule has 3 heteroatoms. The summed E-state index contributed by atoms with van der Waals surface area (Å²) in [6.45, 7) is 4.07. The van der Waals surface area contributed by atoms with E-state index in [4.69, 9.17) is 0 Å². The van der Waals surface area contributed by atoms with Crippen molar-refractivity contribution >= 4 is 0 Å². The highest BCUT2D eigenvalue weighted by molar-refractivity contribution is 5.59. The van der Waals surface area contributed by atoms with Gasteiger partial charge in [0, 0.05) is 18.0 Å². The van der Waals surface area contributed by atoms with Gasteiger partial charge in [0.1, 0.15) is 5.69 Å². The van der Waals surface area contributed by atoms with Gasteiger partial charge < -0.3 is 4.98 Å². The Morgan fingerprint density at radius 1 is 1.20 bits per heavy atom. The molecule has 15 heavy (non-hydrogen) atoms. The average molecular weight is 200 g/mol. The molecule has 0 bridgehead atoms. The lowest BCUT2D eigenvalue weighted by Gasteiger charge is -2.03. The van der Waals surface area contributed by atoms with E-state index in [1.165, 1.54) is 11.8 Å². The standard InChI is InChI=1S/C12H12N2O/c1-8-3-4-10(7-9(8)2)11-12(15)14-6-5-13-11/h3-7H,1-2H3,(H,14,15). The predicted octanol–water partition coefficient (Wildman–Crippen LogP) is 2.05. The summed E-state index contributed by atoms with van der Waals surface area (Å²) in [4.78, 5) is 18.2. The third-order valence-electron chi connectivity index (χ3n) is 2.49. The van der Waals surface area contributed by atoms with Crippen LogP contribution in [0.3, 0.4) is 0 Å². The number of benzene rings is 1. The van der Waals surface area contributed by atoms with E-state index >= 15 is 0 Å². The third kappa shape index (κ3) is 1.81. The number of aromatic nitrogens is 2. The van der Waals surface area contributed by atoms with Crippen molar-refractivity contribution in [1.29, 1.82) is 0 Å². The van der Waals surface area contributed by atoms with Crippen LogP contribution >= 0.6 is 0 Å². The summed E-state index contributed by atoms with van der Waals surface area (Å²) in [5.74, 6) is 0. The van der Waals surface area contributed by atoms with Crippen molar-refractivity contribution in [3.63, 3.8) is 0 Å². The summed E-state index contributed by atoms with van der Waals surface area (Å²) in [6.07, 6.45) is 3.12. The molecule has 0 aliphatic carbocycles. The maximum Gasteiger partial charge on any atom is 0.274 e. The molecule has 0 radical (unpaired) electrons. The van der Waals surface area contributed by atoms with Gasteiger partial charge in [0.05, 0.1) is 0 Å². The first-order valence-corrected chi connectivity index (χ1v) is 4.80. The van der Waals surface area contributed by atoms with Crippen LogP contribution in [0.15, 0.2) is 35.4 Å². The summed E-state index contributed by atoms with van der Waals surface area (Å²) < 4.78 is 0. The molecule has 1 aromatic heterocycles. The molecule has 0 fully saturated rings. The van der Waals surface area contributed by atoms with Crippen molar-refractivity contribution in [1.82, 2.24) is 9.97 Å². The van der Waals surface area contributed by atoms with E-state index in [9.17, 15) is 4.79 Å². The minimum Gasteiger partial charge on any atom is -0.326 e. The molecule has 1 N–H and O–H groups in total. The SMILES string of the molecule is Cc1ccc(-c2ncc[nH]c2=O)cc1C. The van der Waals surface area contributed by atoms with Gasteiger partial charge in [0.2, 0.25) is 0 Å². The first kappa shape index (κ1) is 9.65. The molecule has 2 rings (SSSR count). The molecule has 2 aromatic rings. The molecule has 1 aromatic carbocycles. The van der Waals surface area contributed by atoms with Gasteiger partial charge in [-0.2, -0.15) is 0 Å². The molecular formula is C12H12N2O. The molecule has 0 saturated carbocycles. The largest absolute Gasteiger partial charge is 0.326 e. The monoisotopic (exact) mass is 200 g/mol. The molecule has 3 nitrogen and oxygen atoms in total. The van der Waals surface area contributed by atoms with Crippen LogP contribution in [0.2, 0.25) is 0 Å². The van der Waals surface area contributed by atoms with E-state index < -0.39 is 0 Å². The van der Waals surface area contributed by atoms with Crippen molar-refractivity contribution in [3.8, 4) is 11.3 Å². The summed E-state index contributed by atoms with van der Waals surface area (Å²) in [6, 6.07) is 5.89. The normalized spacial score (nSPS) is 10.3. The summed E-state index contributed by atoms with van der Waals surface area (Å²) >= 11 is 0. The van der Waals surface area contributed by atoms with Crippen LogP contribution in [0.25, 0.3) is 11.3 Å². The molecular weight excluding hydrogens is 188 g/mol. The van der Waals surface area contributed by atoms with E-state index in [-0.39, 0.29) is 5.56 Å². The lowest BCUT2D eigenvalue weighted by molar-refractivity contribution is 1.14. The van der Waals surface area contributed by atoms with Crippen molar-refractivity contribution in [2.45, 2.75) is 13.8 Å². The van der Waals surface area contributed by atoms with Crippen LogP contribution in [0, 0.1) is 13.8 Å². The van der Waals surface area contributed by atoms with Crippen molar-refractivity contribution < 1.29 is 0 Å². The Labute approximate surface area is 87.8 Å². The highest BCUT2D eigenvalue weighted by Crippen LogP contribution is 2.16. The number of rotatable bonds is 1. The molecule has 0 amide bonds. The van der Waals surface area contributed by atoms with Crippen LogP contribution in [-0.4, -0.2) is 9.97 Å². The van der Waals surface area contributed by atoms with Gasteiger partial charge in [-0.15, -0.1) is 0 Å². The number of aromatic amines is 1. The number of H-pyrrole nitrogens is 1. The summed E-state index contributed by atoms with van der Waals surface area (Å²) in [5.41, 5.74) is 3.56. The summed E-state index contributed by atoms with van der Waals surface area (Å²) in [5, 5.41) is 0. The molecule has 0 atom stereocenters. The molecule has 0 spiro atoms. The van der Waals surface area contributed by atoms with Gasteiger partial charge >= 0.3 is 0 Å². The van der Waals surface area contributed by atoms with Crippen molar-refractivity contribution in [2.75, 3.05) is 0 Å². The Morgan fingerprint density at radius 3 is 2.67 bits per heavy atom. The number of aryl methyl sites for hydroxylation is 2. The number of hydrogen-bond donors (Lipinski definition) is 1.